The second-order valence-corrected chi connectivity index (χ2v) is 28.1. The lowest BCUT2D eigenvalue weighted by Crippen LogP contribution is -2.30. The Bertz CT molecular complexity index is 2420. The van der Waals surface area contributed by atoms with E-state index in [0.717, 1.165) is 154 Å². The maximum Gasteiger partial charge on any atom is 0.472 e. The largest absolute Gasteiger partial charge is 0.472 e. The number of allylic oxidation sites excluding steroid dienone is 21. The normalized spacial score (nSPS) is 14.7. The molecule has 0 aliphatic heterocycles. The number of hydrogen-bond acceptors (Lipinski definition) is 15. The van der Waals surface area contributed by atoms with E-state index in [-0.39, 0.29) is 25.7 Å². The molecule has 0 aromatic rings. The monoisotopic (exact) mass is 1440 g/mol. The van der Waals surface area contributed by atoms with Crippen molar-refractivity contribution >= 4 is 39.5 Å². The van der Waals surface area contributed by atoms with Gasteiger partial charge in [0.1, 0.15) is 19.3 Å². The van der Waals surface area contributed by atoms with Crippen molar-refractivity contribution in [3.63, 3.8) is 0 Å². The van der Waals surface area contributed by atoms with Crippen molar-refractivity contribution in [2.24, 2.45) is 0 Å². The first-order chi connectivity index (χ1) is 48.7. The molecule has 0 spiro atoms. The summed E-state index contributed by atoms with van der Waals surface area (Å²) in [7, 11) is -9.99. The van der Waals surface area contributed by atoms with Gasteiger partial charge in [-0.3, -0.25) is 37.3 Å². The zero-order valence-electron chi connectivity index (χ0n) is 62.3. The molecule has 3 N–H and O–H groups in total. The summed E-state index contributed by atoms with van der Waals surface area (Å²) < 4.78 is 68.4. The molecular weight excluding hydrogens is 1310 g/mol. The van der Waals surface area contributed by atoms with Crippen molar-refractivity contribution in [3.8, 4) is 0 Å². The molecule has 17 nitrogen and oxygen atoms in total. The van der Waals surface area contributed by atoms with Gasteiger partial charge >= 0.3 is 39.5 Å². The molecular formula is C81H136O17P2. The number of ether oxygens (including phenoxy) is 4. The van der Waals surface area contributed by atoms with Gasteiger partial charge in [0.05, 0.1) is 32.8 Å². The molecule has 0 heterocycles. The van der Waals surface area contributed by atoms with E-state index in [2.05, 4.69) is 137 Å². The number of hydrogen-bond donors (Lipinski definition) is 3. The lowest BCUT2D eigenvalue weighted by molar-refractivity contribution is -0.161. The van der Waals surface area contributed by atoms with E-state index in [9.17, 15) is 43.2 Å². The van der Waals surface area contributed by atoms with Gasteiger partial charge in [-0.15, -0.1) is 0 Å². The van der Waals surface area contributed by atoms with Crippen LogP contribution >= 0.6 is 15.6 Å². The first kappa shape index (κ1) is 95.2. The van der Waals surface area contributed by atoms with E-state index in [1.54, 1.807) is 6.08 Å². The van der Waals surface area contributed by atoms with Crippen LogP contribution in [0.15, 0.2) is 134 Å². The number of unbranched alkanes of at least 4 members (excludes halogenated alkanes) is 24. The highest BCUT2D eigenvalue weighted by Gasteiger charge is 2.30. The molecule has 0 saturated heterocycles. The number of aliphatic hydroxyl groups is 1. The van der Waals surface area contributed by atoms with Crippen molar-refractivity contribution in [2.75, 3.05) is 39.6 Å². The average Bonchev–Trinajstić information content (AvgIpc) is 1.01. The van der Waals surface area contributed by atoms with Crippen LogP contribution in [0.25, 0.3) is 0 Å². The SMILES string of the molecule is CC/C=C\C/C=C\C/C=C\C/C=C\C/C=C\CC(=O)OCC(COP(=O)(O)OCC(O)COP(=O)(O)OCC(COC(=O)CCCCCCC/C=C\C/C=C\C/C=C\CC)OC(=O)CCCCCCCCCCCCCCCCC)OC(=O)CCCCCCC/C=C\C/C=C\C/C=C\CC. The second kappa shape index (κ2) is 72.5. The van der Waals surface area contributed by atoms with Crippen molar-refractivity contribution in [1.29, 1.82) is 0 Å². The Labute approximate surface area is 605 Å². The molecule has 0 bridgehead atoms. The summed E-state index contributed by atoms with van der Waals surface area (Å²) in [4.78, 5) is 72.8. The summed E-state index contributed by atoms with van der Waals surface area (Å²) in [5, 5.41) is 10.6. The van der Waals surface area contributed by atoms with Crippen molar-refractivity contribution in [2.45, 2.75) is 316 Å². The maximum atomic E-state index is 13.1. The Balaban J connectivity index is 5.44. The first-order valence-electron chi connectivity index (χ1n) is 38.4. The zero-order chi connectivity index (χ0) is 73.2. The van der Waals surface area contributed by atoms with Crippen molar-refractivity contribution < 1.29 is 80.2 Å². The molecule has 0 aromatic heterocycles. The summed E-state index contributed by atoms with van der Waals surface area (Å²) in [5.41, 5.74) is 0. The van der Waals surface area contributed by atoms with Gasteiger partial charge in [-0.05, 0) is 116 Å². The van der Waals surface area contributed by atoms with Crippen LogP contribution in [0.4, 0.5) is 0 Å². The Morgan fingerprint density at radius 1 is 0.300 bits per heavy atom. The van der Waals surface area contributed by atoms with Gasteiger partial charge in [-0.2, -0.15) is 0 Å². The number of esters is 4. The van der Waals surface area contributed by atoms with Crippen molar-refractivity contribution in [1.82, 2.24) is 0 Å². The van der Waals surface area contributed by atoms with Gasteiger partial charge in [-0.1, -0.05) is 290 Å². The van der Waals surface area contributed by atoms with Crippen LogP contribution in [0.5, 0.6) is 0 Å². The predicted octanol–water partition coefficient (Wildman–Crippen LogP) is 22.1. The minimum Gasteiger partial charge on any atom is -0.462 e. The van der Waals surface area contributed by atoms with Crippen LogP contribution in [0, 0.1) is 0 Å². The zero-order valence-corrected chi connectivity index (χ0v) is 64.1. The molecule has 0 amide bonds. The van der Waals surface area contributed by atoms with Crippen LogP contribution in [-0.2, 0) is 65.4 Å². The highest BCUT2D eigenvalue weighted by Crippen LogP contribution is 2.45. The fourth-order valence-electron chi connectivity index (χ4n) is 9.91. The highest BCUT2D eigenvalue weighted by atomic mass is 31.2. The molecule has 572 valence electrons. The standard InChI is InChI=1S/C81H136O17P2/c1-5-9-13-17-21-25-29-33-37-41-45-49-53-57-61-65-78(83)91-71-76(97-80(85)67-63-59-55-51-47-43-39-35-31-27-23-19-15-11-7-3)73-95-99(87,88)93-69-75(82)70-94-100(89,90)96-74-77(98-81(86)68-64-60-56-52-48-44-40-36-32-28-24-20-16-12-8-4)72-92-79(84)66-62-58-54-50-46-42-38-34-30-26-22-18-14-10-6-2/h9-11,13-15,21-23,25-27,33-35,37-39,45,49,57,61,75-77,82H,5-8,12,16-20,24,28-32,36,40-44,46-48,50-56,58-60,62-74H2,1-4H3,(H,87,88)(H,89,90)/b13-9-,14-10-,15-11-,25-21-,26-22-,27-23-,37-33-,38-34-,39-35-,49-45-,61-57-. The molecule has 0 rings (SSSR count). The topological polar surface area (TPSA) is 237 Å². The van der Waals surface area contributed by atoms with Gasteiger partial charge < -0.3 is 33.8 Å². The van der Waals surface area contributed by atoms with E-state index in [1.165, 1.54) is 64.2 Å². The van der Waals surface area contributed by atoms with E-state index in [1.807, 2.05) is 18.2 Å². The van der Waals surface area contributed by atoms with Gasteiger partial charge in [0.25, 0.3) is 0 Å². The smallest absolute Gasteiger partial charge is 0.462 e. The summed E-state index contributed by atoms with van der Waals surface area (Å²) in [6.07, 6.45) is 80.4. The van der Waals surface area contributed by atoms with Crippen LogP contribution in [0.2, 0.25) is 0 Å². The number of carbonyl (C=O) groups is 4. The van der Waals surface area contributed by atoms with Crippen LogP contribution < -0.4 is 0 Å². The minimum atomic E-state index is -5.00. The molecule has 0 aliphatic rings. The lowest BCUT2D eigenvalue weighted by Gasteiger charge is -2.21. The fourth-order valence-corrected chi connectivity index (χ4v) is 11.5. The molecule has 100 heavy (non-hydrogen) atoms. The van der Waals surface area contributed by atoms with E-state index in [4.69, 9.17) is 37.0 Å². The molecule has 19 heteroatoms. The first-order valence-corrected chi connectivity index (χ1v) is 41.4. The highest BCUT2D eigenvalue weighted by molar-refractivity contribution is 7.47. The number of rotatable bonds is 71. The number of phosphoric acid groups is 2. The van der Waals surface area contributed by atoms with Gasteiger partial charge in [-0.25, -0.2) is 9.13 Å². The van der Waals surface area contributed by atoms with Crippen molar-refractivity contribution in [3.05, 3.63) is 134 Å². The quantitative estimate of drug-likeness (QED) is 0.0169. The number of phosphoric ester groups is 2. The molecule has 5 unspecified atom stereocenters. The van der Waals surface area contributed by atoms with Crippen LogP contribution in [0.3, 0.4) is 0 Å². The lowest BCUT2D eigenvalue weighted by atomic mass is 10.0. The number of carbonyl (C=O) groups excluding carboxylic acids is 4. The van der Waals surface area contributed by atoms with Crippen LogP contribution in [-0.4, -0.2) is 96.7 Å². The van der Waals surface area contributed by atoms with E-state index < -0.39 is 97.5 Å². The molecule has 0 aromatic carbocycles. The minimum absolute atomic E-state index is 0.0528. The fraction of sp³-hybridized carbons (Fsp3) is 0.679. The van der Waals surface area contributed by atoms with E-state index >= 15 is 0 Å². The summed E-state index contributed by atoms with van der Waals surface area (Å²) in [5.74, 6) is -2.36. The Morgan fingerprint density at radius 3 is 0.890 bits per heavy atom. The Kier molecular flexibility index (Phi) is 69.1. The second-order valence-electron chi connectivity index (χ2n) is 25.2. The average molecular weight is 1440 g/mol. The van der Waals surface area contributed by atoms with Gasteiger partial charge in [0, 0.05) is 19.3 Å². The van der Waals surface area contributed by atoms with Crippen LogP contribution in [0.1, 0.15) is 297 Å². The summed E-state index contributed by atoms with van der Waals surface area (Å²) in [6.45, 7) is 4.39. The van der Waals surface area contributed by atoms with Gasteiger partial charge in [0.2, 0.25) is 0 Å². The summed E-state index contributed by atoms with van der Waals surface area (Å²) in [6, 6.07) is 0. The maximum absolute atomic E-state index is 13.1. The Morgan fingerprint density at radius 2 is 0.560 bits per heavy atom. The molecule has 0 radical (unpaired) electrons. The third kappa shape index (κ3) is 71.6. The predicted molar refractivity (Wildman–Crippen MR) is 408 cm³/mol. The molecule has 0 aliphatic carbocycles. The third-order valence-electron chi connectivity index (χ3n) is 15.7. The molecule has 0 fully saturated rings. The molecule has 0 saturated carbocycles. The van der Waals surface area contributed by atoms with Gasteiger partial charge in [0.15, 0.2) is 12.2 Å². The third-order valence-corrected chi connectivity index (χ3v) is 17.6. The van der Waals surface area contributed by atoms with E-state index in [0.29, 0.717) is 25.7 Å². The Hall–Kier alpha value is -4.80. The summed E-state index contributed by atoms with van der Waals surface area (Å²) >= 11 is 0. The number of aliphatic hydroxyl groups excluding tert-OH is 1. The molecule has 5 atom stereocenters.